The molecule has 0 atom stereocenters. The van der Waals surface area contributed by atoms with Gasteiger partial charge in [0.25, 0.3) is 0 Å². The van der Waals surface area contributed by atoms with E-state index in [1.165, 1.54) is 0 Å². The molecule has 0 bridgehead atoms. The van der Waals surface area contributed by atoms with E-state index in [-0.39, 0.29) is 17.8 Å². The molecule has 0 spiro atoms. The van der Waals surface area contributed by atoms with Crippen LogP contribution in [0.5, 0.6) is 5.75 Å². The molecule has 1 aromatic rings. The molecule has 1 aliphatic rings. The number of hydrogen-bond acceptors (Lipinski definition) is 2. The average Bonchev–Trinajstić information content (AvgIpc) is 2.90. The first kappa shape index (κ1) is 8.85. The van der Waals surface area contributed by atoms with Gasteiger partial charge in [-0.15, -0.1) is 0 Å². The quantitative estimate of drug-likeness (QED) is 0.764. The van der Waals surface area contributed by atoms with Gasteiger partial charge in [-0.25, -0.2) is 0 Å². The van der Waals surface area contributed by atoms with Gasteiger partial charge in [0.15, 0.2) is 0 Å². The molecule has 70 valence electrons. The summed E-state index contributed by atoms with van der Waals surface area (Å²) < 4.78 is 0. The van der Waals surface area contributed by atoms with Crippen LogP contribution in [-0.2, 0) is 5.41 Å². The molecule has 0 heterocycles. The van der Waals surface area contributed by atoms with E-state index in [2.05, 4.69) is 0 Å². The van der Waals surface area contributed by atoms with Crippen molar-refractivity contribution >= 4 is 11.6 Å². The summed E-state index contributed by atoms with van der Waals surface area (Å²) in [7, 11) is 0. The van der Waals surface area contributed by atoms with Crippen molar-refractivity contribution in [2.45, 2.75) is 18.3 Å². The second-order valence-electron chi connectivity index (χ2n) is 3.60. The van der Waals surface area contributed by atoms with Gasteiger partial charge in [0.1, 0.15) is 5.75 Å². The van der Waals surface area contributed by atoms with Crippen molar-refractivity contribution in [3.05, 3.63) is 28.8 Å². The Balaban J connectivity index is 2.37. The summed E-state index contributed by atoms with van der Waals surface area (Å²) in [5, 5.41) is 18.7. The third-order valence-electron chi connectivity index (χ3n) is 2.72. The van der Waals surface area contributed by atoms with Gasteiger partial charge in [0.05, 0.1) is 11.6 Å². The monoisotopic (exact) mass is 198 g/mol. The molecule has 0 unspecified atom stereocenters. The highest BCUT2D eigenvalue weighted by molar-refractivity contribution is 6.32. The minimum atomic E-state index is -0.0721. The lowest BCUT2D eigenvalue weighted by atomic mass is 9.97. The lowest BCUT2D eigenvalue weighted by Gasteiger charge is -2.12. The molecule has 2 N–H and O–H groups in total. The first-order valence-electron chi connectivity index (χ1n) is 4.28. The van der Waals surface area contributed by atoms with Crippen molar-refractivity contribution in [3.63, 3.8) is 0 Å². The van der Waals surface area contributed by atoms with E-state index in [4.69, 9.17) is 16.7 Å². The maximum Gasteiger partial charge on any atom is 0.134 e. The fraction of sp³-hybridized carbons (Fsp3) is 0.400. The third kappa shape index (κ3) is 1.40. The molecule has 2 nitrogen and oxygen atoms in total. The predicted octanol–water partition coefficient (Wildman–Crippen LogP) is 2.07. The Hall–Kier alpha value is -0.730. The van der Waals surface area contributed by atoms with Gasteiger partial charge >= 0.3 is 0 Å². The van der Waals surface area contributed by atoms with E-state index < -0.39 is 0 Å². The molecule has 0 amide bonds. The fourth-order valence-electron chi connectivity index (χ4n) is 1.53. The molecule has 0 aromatic heterocycles. The van der Waals surface area contributed by atoms with Crippen LogP contribution in [0.3, 0.4) is 0 Å². The lowest BCUT2D eigenvalue weighted by molar-refractivity contribution is 0.255. The van der Waals surface area contributed by atoms with Gasteiger partial charge in [0, 0.05) is 5.41 Å². The second kappa shape index (κ2) is 2.89. The summed E-state index contributed by atoms with van der Waals surface area (Å²) in [6.07, 6.45) is 2.01. The minimum Gasteiger partial charge on any atom is -0.506 e. The largest absolute Gasteiger partial charge is 0.506 e. The number of rotatable bonds is 2. The number of phenols is 1. The van der Waals surface area contributed by atoms with Gasteiger partial charge in [-0.3, -0.25) is 0 Å². The van der Waals surface area contributed by atoms with Crippen LogP contribution in [0.25, 0.3) is 0 Å². The Kier molecular flexibility index (Phi) is 1.97. The zero-order chi connectivity index (χ0) is 9.47. The van der Waals surface area contributed by atoms with Gasteiger partial charge in [0.2, 0.25) is 0 Å². The van der Waals surface area contributed by atoms with E-state index in [1.807, 2.05) is 6.07 Å². The van der Waals surface area contributed by atoms with Gasteiger partial charge in [-0.1, -0.05) is 17.7 Å². The number of hydrogen-bond donors (Lipinski definition) is 2. The number of benzene rings is 1. The van der Waals surface area contributed by atoms with Crippen molar-refractivity contribution in [2.24, 2.45) is 0 Å². The number of aliphatic hydroxyl groups excluding tert-OH is 1. The molecule has 1 fully saturated rings. The Labute approximate surface area is 81.8 Å². The molecule has 1 aromatic carbocycles. The lowest BCUT2D eigenvalue weighted by Crippen LogP contribution is -2.11. The molecule has 1 aliphatic carbocycles. The number of phenolic OH excluding ortho intramolecular Hbond substituents is 1. The fourth-order valence-corrected chi connectivity index (χ4v) is 1.71. The SMILES string of the molecule is OCC1(c2ccc(O)c(Cl)c2)CC1. The van der Waals surface area contributed by atoms with Crippen LogP contribution < -0.4 is 0 Å². The molecule has 2 rings (SSSR count). The summed E-state index contributed by atoms with van der Waals surface area (Å²) in [5.41, 5.74) is 0.954. The van der Waals surface area contributed by atoms with E-state index in [9.17, 15) is 5.11 Å². The smallest absolute Gasteiger partial charge is 0.134 e. The van der Waals surface area contributed by atoms with Crippen LogP contribution in [0.1, 0.15) is 18.4 Å². The zero-order valence-corrected chi connectivity index (χ0v) is 7.88. The zero-order valence-electron chi connectivity index (χ0n) is 7.13. The van der Waals surface area contributed by atoms with Crippen molar-refractivity contribution in [2.75, 3.05) is 6.61 Å². The van der Waals surface area contributed by atoms with Crippen LogP contribution in [0, 0.1) is 0 Å². The number of aliphatic hydroxyl groups is 1. The highest BCUT2D eigenvalue weighted by Crippen LogP contribution is 2.48. The van der Waals surface area contributed by atoms with E-state index in [1.54, 1.807) is 12.1 Å². The van der Waals surface area contributed by atoms with Crippen LogP contribution >= 0.6 is 11.6 Å². The van der Waals surface area contributed by atoms with Crippen molar-refractivity contribution in [3.8, 4) is 5.75 Å². The second-order valence-corrected chi connectivity index (χ2v) is 4.01. The summed E-state index contributed by atoms with van der Waals surface area (Å²) >= 11 is 5.77. The van der Waals surface area contributed by atoms with Crippen LogP contribution in [0.15, 0.2) is 18.2 Å². The van der Waals surface area contributed by atoms with Crippen molar-refractivity contribution in [1.29, 1.82) is 0 Å². The molecule has 13 heavy (non-hydrogen) atoms. The summed E-state index contributed by atoms with van der Waals surface area (Å²) in [4.78, 5) is 0. The maximum atomic E-state index is 9.21. The van der Waals surface area contributed by atoms with Crippen LogP contribution in [-0.4, -0.2) is 16.8 Å². The molecular formula is C10H11ClO2. The molecule has 3 heteroatoms. The maximum absolute atomic E-state index is 9.21. The summed E-state index contributed by atoms with van der Waals surface area (Å²) in [6, 6.07) is 5.14. The molecule has 0 saturated heterocycles. The number of halogens is 1. The Bertz CT molecular complexity index is 332. The predicted molar refractivity (Wildman–Crippen MR) is 51.1 cm³/mol. The molecule has 1 saturated carbocycles. The topological polar surface area (TPSA) is 40.5 Å². The highest BCUT2D eigenvalue weighted by Gasteiger charge is 2.43. The normalized spacial score (nSPS) is 18.6. The standard InChI is InChI=1S/C10H11ClO2/c11-8-5-7(1-2-9(8)13)10(6-12)3-4-10/h1-2,5,12-13H,3-4,6H2. The molecule has 0 radical (unpaired) electrons. The minimum absolute atomic E-state index is 0.0721. The summed E-state index contributed by atoms with van der Waals surface area (Å²) in [5.74, 6) is 0.0964. The first-order chi connectivity index (χ1) is 6.18. The van der Waals surface area contributed by atoms with Gasteiger partial charge < -0.3 is 10.2 Å². The molecular weight excluding hydrogens is 188 g/mol. The first-order valence-corrected chi connectivity index (χ1v) is 4.66. The van der Waals surface area contributed by atoms with Crippen molar-refractivity contribution in [1.82, 2.24) is 0 Å². The van der Waals surface area contributed by atoms with Crippen LogP contribution in [0.4, 0.5) is 0 Å². The highest BCUT2D eigenvalue weighted by atomic mass is 35.5. The van der Waals surface area contributed by atoms with E-state index in [0.717, 1.165) is 18.4 Å². The Morgan fingerprint density at radius 2 is 2.08 bits per heavy atom. The van der Waals surface area contributed by atoms with Crippen LogP contribution in [0.2, 0.25) is 5.02 Å². The van der Waals surface area contributed by atoms with Gasteiger partial charge in [-0.2, -0.15) is 0 Å². The van der Waals surface area contributed by atoms with E-state index in [0.29, 0.717) is 5.02 Å². The average molecular weight is 199 g/mol. The van der Waals surface area contributed by atoms with Crippen molar-refractivity contribution < 1.29 is 10.2 Å². The third-order valence-corrected chi connectivity index (χ3v) is 3.02. The Morgan fingerprint density at radius 3 is 2.54 bits per heavy atom. The van der Waals surface area contributed by atoms with Gasteiger partial charge in [-0.05, 0) is 30.5 Å². The number of aromatic hydroxyl groups is 1. The molecule has 0 aliphatic heterocycles. The van der Waals surface area contributed by atoms with E-state index >= 15 is 0 Å². The Morgan fingerprint density at radius 1 is 1.38 bits per heavy atom. The summed E-state index contributed by atoms with van der Waals surface area (Å²) in [6.45, 7) is 0.161.